The van der Waals surface area contributed by atoms with Gasteiger partial charge in [0.2, 0.25) is 0 Å². The molecule has 0 bridgehead atoms. The molecule has 2 aromatic carbocycles. The highest BCUT2D eigenvalue weighted by atomic mass is 19.1. The summed E-state index contributed by atoms with van der Waals surface area (Å²) in [6.07, 6.45) is 3.42. The maximum Gasteiger partial charge on any atom is 0.256 e. The summed E-state index contributed by atoms with van der Waals surface area (Å²) >= 11 is 0. The molecule has 0 saturated heterocycles. The van der Waals surface area contributed by atoms with E-state index in [-0.39, 0.29) is 18.3 Å². The number of benzene rings is 2. The molecule has 5 heteroatoms. The number of aromatic nitrogens is 2. The molecule has 0 saturated carbocycles. The smallest absolute Gasteiger partial charge is 0.256 e. The van der Waals surface area contributed by atoms with Gasteiger partial charge in [-0.25, -0.2) is 4.39 Å². The molecule has 1 amide bonds. The van der Waals surface area contributed by atoms with Crippen molar-refractivity contribution >= 4 is 16.8 Å². The predicted octanol–water partition coefficient (Wildman–Crippen LogP) is 4.59. The zero-order chi connectivity index (χ0) is 19.1. The average Bonchev–Trinajstić information content (AvgIpc) is 3.05. The fraction of sp³-hybridized carbons (Fsp3) is 0.0870. The molecule has 5 rings (SSSR count). The van der Waals surface area contributed by atoms with Gasteiger partial charge in [0.1, 0.15) is 5.82 Å². The van der Waals surface area contributed by atoms with Gasteiger partial charge in [0.25, 0.3) is 5.91 Å². The Morgan fingerprint density at radius 1 is 0.964 bits per heavy atom. The van der Waals surface area contributed by atoms with Crippen molar-refractivity contribution in [1.82, 2.24) is 14.9 Å². The molecule has 0 aliphatic carbocycles. The van der Waals surface area contributed by atoms with E-state index in [9.17, 15) is 9.18 Å². The number of carbonyl (C=O) groups excluding carboxylic acids is 1. The minimum Gasteiger partial charge on any atom is -0.328 e. The Kier molecular flexibility index (Phi) is 3.86. The van der Waals surface area contributed by atoms with Crippen LogP contribution in [0, 0.1) is 5.82 Å². The maximum absolute atomic E-state index is 14.8. The van der Waals surface area contributed by atoms with Gasteiger partial charge in [-0.1, -0.05) is 30.3 Å². The molecule has 28 heavy (non-hydrogen) atoms. The number of hydrogen-bond acceptors (Lipinski definition) is 3. The fourth-order valence-electron chi connectivity index (χ4n) is 3.60. The van der Waals surface area contributed by atoms with E-state index in [1.807, 2.05) is 36.4 Å². The summed E-state index contributed by atoms with van der Waals surface area (Å²) in [5, 5.41) is 1.01. The molecule has 4 nitrogen and oxygen atoms in total. The fourth-order valence-corrected chi connectivity index (χ4v) is 3.60. The third-order valence-electron chi connectivity index (χ3n) is 5.09. The summed E-state index contributed by atoms with van der Waals surface area (Å²) in [7, 11) is 0. The van der Waals surface area contributed by atoms with Crippen LogP contribution in [0.1, 0.15) is 21.6 Å². The van der Waals surface area contributed by atoms with E-state index in [1.165, 1.54) is 6.07 Å². The van der Waals surface area contributed by atoms with Crippen molar-refractivity contribution in [3.63, 3.8) is 0 Å². The van der Waals surface area contributed by atoms with Gasteiger partial charge in [-0.3, -0.25) is 14.8 Å². The zero-order valence-corrected chi connectivity index (χ0v) is 15.0. The molecule has 3 heterocycles. The molecule has 0 N–H and O–H groups in total. The first-order valence-corrected chi connectivity index (χ1v) is 9.06. The summed E-state index contributed by atoms with van der Waals surface area (Å²) in [6, 6.07) is 18.5. The van der Waals surface area contributed by atoms with Crippen LogP contribution in [0.15, 0.2) is 73.1 Å². The van der Waals surface area contributed by atoms with E-state index >= 15 is 0 Å². The molecular weight excluding hydrogens is 353 g/mol. The van der Waals surface area contributed by atoms with Gasteiger partial charge < -0.3 is 4.90 Å². The molecule has 2 aromatic heterocycles. The summed E-state index contributed by atoms with van der Waals surface area (Å²) < 4.78 is 14.8. The van der Waals surface area contributed by atoms with E-state index in [0.717, 1.165) is 27.7 Å². The molecule has 0 spiro atoms. The van der Waals surface area contributed by atoms with Crippen LogP contribution in [0.3, 0.4) is 0 Å². The van der Waals surface area contributed by atoms with Crippen LogP contribution in [0.5, 0.6) is 0 Å². The quantitative estimate of drug-likeness (QED) is 0.531. The number of hydrogen-bond donors (Lipinski definition) is 0. The molecule has 1 aliphatic rings. The third-order valence-corrected chi connectivity index (χ3v) is 5.09. The number of carbonyl (C=O) groups is 1. The Hall–Kier alpha value is -3.60. The van der Waals surface area contributed by atoms with Gasteiger partial charge >= 0.3 is 0 Å². The lowest BCUT2D eigenvalue weighted by atomic mass is 10.0. The Bertz CT molecular complexity index is 1220. The van der Waals surface area contributed by atoms with Crippen LogP contribution in [-0.2, 0) is 13.1 Å². The molecule has 4 aromatic rings. The Balaban J connectivity index is 1.41. The number of halogens is 1. The summed E-state index contributed by atoms with van der Waals surface area (Å²) in [5.74, 6) is -0.437. The lowest BCUT2D eigenvalue weighted by molar-refractivity contribution is 0.0765. The molecule has 0 atom stereocenters. The first kappa shape index (κ1) is 16.6. The van der Waals surface area contributed by atoms with E-state index in [2.05, 4.69) is 9.97 Å². The highest BCUT2D eigenvalue weighted by Crippen LogP contribution is 2.27. The molecule has 0 radical (unpaired) electrons. The monoisotopic (exact) mass is 369 g/mol. The summed E-state index contributed by atoms with van der Waals surface area (Å²) in [6.45, 7) is 0.627. The number of amides is 1. The summed E-state index contributed by atoms with van der Waals surface area (Å²) in [5.41, 5.74) is 4.35. The lowest BCUT2D eigenvalue weighted by Gasteiger charge is -2.16. The predicted molar refractivity (Wildman–Crippen MR) is 105 cm³/mol. The Morgan fingerprint density at radius 2 is 1.86 bits per heavy atom. The van der Waals surface area contributed by atoms with Crippen LogP contribution < -0.4 is 0 Å². The minimum absolute atomic E-state index is 0.106. The highest BCUT2D eigenvalue weighted by molar-refractivity contribution is 5.97. The highest BCUT2D eigenvalue weighted by Gasteiger charge is 2.28. The van der Waals surface area contributed by atoms with Crippen molar-refractivity contribution in [2.45, 2.75) is 13.1 Å². The van der Waals surface area contributed by atoms with Crippen molar-refractivity contribution in [1.29, 1.82) is 0 Å². The number of fused-ring (bicyclic) bond motifs is 2. The zero-order valence-electron chi connectivity index (χ0n) is 15.0. The largest absolute Gasteiger partial charge is 0.328 e. The van der Waals surface area contributed by atoms with Crippen LogP contribution in [0.2, 0.25) is 0 Å². The van der Waals surface area contributed by atoms with Crippen LogP contribution in [0.25, 0.3) is 22.0 Å². The topological polar surface area (TPSA) is 46.1 Å². The number of nitrogens with zero attached hydrogens (tertiary/aromatic N) is 3. The average molecular weight is 369 g/mol. The van der Waals surface area contributed by atoms with Crippen molar-refractivity contribution in [3.05, 3.63) is 95.7 Å². The summed E-state index contributed by atoms with van der Waals surface area (Å²) in [4.78, 5) is 22.8. The van der Waals surface area contributed by atoms with Gasteiger partial charge in [-0.2, -0.15) is 0 Å². The normalized spacial score (nSPS) is 13.2. The molecular formula is C23H16FN3O. The minimum atomic E-state index is -0.331. The second kappa shape index (κ2) is 6.53. The Labute approximate surface area is 161 Å². The third kappa shape index (κ3) is 2.81. The van der Waals surface area contributed by atoms with Gasteiger partial charge in [0, 0.05) is 35.5 Å². The molecule has 0 unspecified atom stereocenters. The number of rotatable bonds is 3. The molecule has 0 fully saturated rings. The van der Waals surface area contributed by atoms with Gasteiger partial charge in [0.15, 0.2) is 0 Å². The standard InChI is InChI=1S/C23H16FN3O/c24-20-11-15(18-10-16-4-1-2-6-21(16)26-12-18)7-8-17(20)13-27-14-22-19(23(27)28)5-3-9-25-22/h1-12H,13-14H2. The van der Waals surface area contributed by atoms with Crippen LogP contribution >= 0.6 is 0 Å². The second-order valence-corrected chi connectivity index (χ2v) is 6.88. The van der Waals surface area contributed by atoms with Crippen molar-refractivity contribution in [3.8, 4) is 11.1 Å². The van der Waals surface area contributed by atoms with E-state index in [0.29, 0.717) is 17.7 Å². The number of para-hydroxylation sites is 1. The Morgan fingerprint density at radius 3 is 2.71 bits per heavy atom. The van der Waals surface area contributed by atoms with Gasteiger partial charge in [-0.15, -0.1) is 0 Å². The van der Waals surface area contributed by atoms with Gasteiger partial charge in [0.05, 0.1) is 23.3 Å². The SMILES string of the molecule is O=C1c2cccnc2CN1Cc1ccc(-c2cnc3ccccc3c2)cc1F. The van der Waals surface area contributed by atoms with Crippen molar-refractivity contribution < 1.29 is 9.18 Å². The van der Waals surface area contributed by atoms with Gasteiger partial charge in [-0.05, 0) is 35.9 Å². The maximum atomic E-state index is 14.8. The molecule has 1 aliphatic heterocycles. The van der Waals surface area contributed by atoms with E-state index in [4.69, 9.17) is 0 Å². The van der Waals surface area contributed by atoms with E-state index in [1.54, 1.807) is 35.5 Å². The van der Waals surface area contributed by atoms with Crippen molar-refractivity contribution in [2.75, 3.05) is 0 Å². The van der Waals surface area contributed by atoms with Crippen molar-refractivity contribution in [2.24, 2.45) is 0 Å². The first-order valence-electron chi connectivity index (χ1n) is 9.06. The number of pyridine rings is 2. The second-order valence-electron chi connectivity index (χ2n) is 6.88. The first-order chi connectivity index (χ1) is 13.7. The van der Waals surface area contributed by atoms with Crippen LogP contribution in [-0.4, -0.2) is 20.8 Å². The van der Waals surface area contributed by atoms with E-state index < -0.39 is 0 Å². The molecule has 136 valence electrons. The van der Waals surface area contributed by atoms with Crippen LogP contribution in [0.4, 0.5) is 4.39 Å². The lowest BCUT2D eigenvalue weighted by Crippen LogP contribution is -2.23.